The van der Waals surface area contributed by atoms with E-state index in [0.717, 1.165) is 27.5 Å². The molecule has 0 aliphatic rings. The van der Waals surface area contributed by atoms with Crippen LogP contribution in [-0.4, -0.2) is 155 Å². The maximum atomic E-state index is 14.4. The number of carbonyl (C=O) groups excluding carboxylic acids is 6. The molecule has 0 radical (unpaired) electrons. The number of benzene rings is 3. The highest BCUT2D eigenvalue weighted by atomic mass is 16.6. The van der Waals surface area contributed by atoms with E-state index in [1.165, 1.54) is 12.0 Å². The summed E-state index contributed by atoms with van der Waals surface area (Å²) in [6.07, 6.45) is -1.99. The van der Waals surface area contributed by atoms with Crippen molar-refractivity contribution in [1.82, 2.24) is 20.5 Å². The Hall–Kier alpha value is -7.56. The van der Waals surface area contributed by atoms with E-state index in [1.807, 2.05) is 55.5 Å². The zero-order chi connectivity index (χ0) is 59.6. The van der Waals surface area contributed by atoms with Gasteiger partial charge in [-0.25, -0.2) is 19.4 Å². The number of imide groups is 1. The number of fused-ring (bicyclic) bond motifs is 1. The van der Waals surface area contributed by atoms with Crippen LogP contribution in [-0.2, 0) is 52.3 Å². The maximum absolute atomic E-state index is 14.4. The van der Waals surface area contributed by atoms with Crippen LogP contribution in [0.2, 0.25) is 0 Å². The van der Waals surface area contributed by atoms with Gasteiger partial charge in [0.1, 0.15) is 41.0 Å². The monoisotopic (exact) mass is 1130 g/mol. The van der Waals surface area contributed by atoms with Gasteiger partial charge in [0.2, 0.25) is 11.8 Å². The molecule has 442 valence electrons. The third-order valence-electron chi connectivity index (χ3n) is 11.3. The summed E-state index contributed by atoms with van der Waals surface area (Å²) in [7, 11) is 1.23. The van der Waals surface area contributed by atoms with Gasteiger partial charge in [0, 0.05) is 29.6 Å². The molecule has 2 N–H and O–H groups in total. The van der Waals surface area contributed by atoms with Crippen LogP contribution in [0.25, 0.3) is 32.3 Å². The Balaban J connectivity index is 1.46. The molecular formula is C58H80N8O15. The van der Waals surface area contributed by atoms with Crippen LogP contribution < -0.4 is 20.3 Å². The second-order valence-corrected chi connectivity index (χ2v) is 21.5. The highest BCUT2D eigenvalue weighted by molar-refractivity contribution is 6.00. The van der Waals surface area contributed by atoms with Gasteiger partial charge in [-0.15, -0.1) is 0 Å². The van der Waals surface area contributed by atoms with Crippen molar-refractivity contribution in [3.63, 3.8) is 0 Å². The number of nitrogens with zero attached hydrogens (tertiary/aromatic N) is 6. The number of rotatable bonds is 30. The lowest BCUT2D eigenvalue weighted by molar-refractivity contribution is -0.141. The number of amides is 5. The minimum Gasteiger partial charge on any atom is -0.491 e. The molecule has 3 aromatic carbocycles. The zero-order valence-corrected chi connectivity index (χ0v) is 48.6. The SMILES string of the molecule is COC(=O)C[C@H](NC(=O)CNC(=O)[C@H](CCCN(C(=O)OC(C)(C)C)c1cc(C)ccn1)N(C(=O)OC(C)(C)C)C(=O)OC(C)(C)C)c1ccc(-c2ccc(OCCOCCOCCOCCOCCN=[N+]=[N-])c3ccccc23)cc1. The molecule has 81 heavy (non-hydrogen) atoms. The van der Waals surface area contributed by atoms with E-state index in [2.05, 4.69) is 25.6 Å². The molecule has 0 saturated heterocycles. The van der Waals surface area contributed by atoms with E-state index >= 15 is 0 Å². The van der Waals surface area contributed by atoms with E-state index in [0.29, 0.717) is 75.7 Å². The summed E-state index contributed by atoms with van der Waals surface area (Å²) in [5, 5.41) is 10.6. The minimum atomic E-state index is -1.62. The number of hydrogen-bond donors (Lipinski definition) is 2. The molecule has 0 fully saturated rings. The highest BCUT2D eigenvalue weighted by Crippen LogP contribution is 2.35. The van der Waals surface area contributed by atoms with Crippen LogP contribution >= 0.6 is 0 Å². The average Bonchev–Trinajstić information content (AvgIpc) is 3.41. The summed E-state index contributed by atoms with van der Waals surface area (Å²) < 4.78 is 50.1. The van der Waals surface area contributed by atoms with E-state index in [9.17, 15) is 28.8 Å². The van der Waals surface area contributed by atoms with Crippen molar-refractivity contribution in [3.8, 4) is 16.9 Å². The van der Waals surface area contributed by atoms with E-state index in [1.54, 1.807) is 92.8 Å². The Morgan fingerprint density at radius 1 is 0.691 bits per heavy atom. The Bertz CT molecular complexity index is 2710. The third-order valence-corrected chi connectivity index (χ3v) is 11.3. The Labute approximate surface area is 474 Å². The molecule has 0 spiro atoms. The second-order valence-electron chi connectivity index (χ2n) is 21.5. The van der Waals surface area contributed by atoms with Gasteiger partial charge in [0.05, 0.1) is 79.0 Å². The highest BCUT2D eigenvalue weighted by Gasteiger charge is 2.41. The number of anilines is 1. The maximum Gasteiger partial charge on any atom is 0.420 e. The van der Waals surface area contributed by atoms with E-state index < -0.39 is 71.5 Å². The van der Waals surface area contributed by atoms with Crippen LogP contribution in [0.5, 0.6) is 5.75 Å². The fraction of sp³-hybridized carbons (Fsp3) is 0.534. The standard InChI is InChI=1S/C58H80N8O15/c1-40-24-25-60-49(37-40)65(53(70)79-56(2,3)4)27-14-17-47(66(54(71)80-57(5,6)7)55(72)81-58(8,9)10)52(69)61-39-50(67)63-46(38-51(68)73-11)42-20-18-41(19-21-42)43-22-23-48(45-16-13-12-15-44(43)45)78-36-35-77-34-33-76-32-31-75-30-29-74-28-26-62-64-59/h12-13,15-16,18-25,37,46-47H,14,17,26-36,38-39H2,1-11H3,(H,61,69)(H,63,67)/t46-,47-/m0/s1. The minimum absolute atomic E-state index is 0.0146. The molecule has 1 aromatic heterocycles. The first-order valence-electron chi connectivity index (χ1n) is 26.8. The molecule has 23 nitrogen and oxygen atoms in total. The molecule has 0 unspecified atom stereocenters. The zero-order valence-electron chi connectivity index (χ0n) is 48.6. The smallest absolute Gasteiger partial charge is 0.420 e. The van der Waals surface area contributed by atoms with Crippen LogP contribution in [0, 0.1) is 6.92 Å². The molecule has 0 bridgehead atoms. The molecule has 1 heterocycles. The average molecular weight is 1130 g/mol. The fourth-order valence-electron chi connectivity index (χ4n) is 7.75. The quantitative estimate of drug-likeness (QED) is 0.0123. The number of nitrogens with one attached hydrogen (secondary N) is 2. The molecule has 4 rings (SSSR count). The molecule has 23 heteroatoms. The first-order chi connectivity index (χ1) is 38.4. The summed E-state index contributed by atoms with van der Waals surface area (Å²) in [6, 6.07) is 19.9. The van der Waals surface area contributed by atoms with Gasteiger partial charge >= 0.3 is 24.2 Å². The predicted molar refractivity (Wildman–Crippen MR) is 303 cm³/mol. The van der Waals surface area contributed by atoms with Gasteiger partial charge in [-0.2, -0.15) is 4.90 Å². The number of carbonyl (C=O) groups is 6. The molecule has 2 atom stereocenters. The number of aryl methyl sites for hydroxylation is 1. The summed E-state index contributed by atoms with van der Waals surface area (Å²) in [6.45, 7) is 19.5. The molecule has 5 amide bonds. The van der Waals surface area contributed by atoms with Crippen molar-refractivity contribution in [2.24, 2.45) is 5.11 Å². The first kappa shape index (κ1) is 66.0. The summed E-state index contributed by atoms with van der Waals surface area (Å²) in [5.74, 6) is -1.27. The van der Waals surface area contributed by atoms with Gasteiger partial charge in [-0.05, 0) is 133 Å². The number of esters is 1. The number of ether oxygens (including phenoxy) is 9. The van der Waals surface area contributed by atoms with Crippen LogP contribution in [0.4, 0.5) is 20.2 Å². The topological polar surface area (TPSA) is 278 Å². The lowest BCUT2D eigenvalue weighted by Crippen LogP contribution is -2.55. The van der Waals surface area contributed by atoms with Crippen molar-refractivity contribution < 1.29 is 71.4 Å². The predicted octanol–water partition coefficient (Wildman–Crippen LogP) is 9.57. The molecular weight excluding hydrogens is 1050 g/mol. The van der Waals surface area contributed by atoms with Gasteiger partial charge in [0.25, 0.3) is 0 Å². The fourth-order valence-corrected chi connectivity index (χ4v) is 7.75. The number of azide groups is 1. The van der Waals surface area contributed by atoms with Gasteiger partial charge < -0.3 is 53.3 Å². The van der Waals surface area contributed by atoms with Crippen molar-refractivity contribution >= 4 is 52.7 Å². The lowest BCUT2D eigenvalue weighted by Gasteiger charge is -2.33. The van der Waals surface area contributed by atoms with E-state index in [-0.39, 0.29) is 38.2 Å². The Morgan fingerprint density at radius 2 is 1.25 bits per heavy atom. The molecule has 0 saturated carbocycles. The second kappa shape index (κ2) is 32.6. The van der Waals surface area contributed by atoms with Crippen molar-refractivity contribution in [2.45, 2.75) is 117 Å². The number of pyridine rings is 1. The Morgan fingerprint density at radius 3 is 1.80 bits per heavy atom. The normalized spacial score (nSPS) is 12.3. The van der Waals surface area contributed by atoms with Gasteiger partial charge in [0.15, 0.2) is 0 Å². The summed E-state index contributed by atoms with van der Waals surface area (Å²) in [5.41, 5.74) is 8.32. The van der Waals surface area contributed by atoms with Crippen LogP contribution in [0.3, 0.4) is 0 Å². The summed E-state index contributed by atoms with van der Waals surface area (Å²) in [4.78, 5) is 91.4. The third kappa shape index (κ3) is 24.0. The number of methoxy groups -OCH3 is 1. The first-order valence-corrected chi connectivity index (χ1v) is 26.8. The number of aromatic nitrogens is 1. The van der Waals surface area contributed by atoms with Gasteiger partial charge in [-0.1, -0.05) is 59.7 Å². The van der Waals surface area contributed by atoms with Crippen LogP contribution in [0.1, 0.15) is 98.7 Å². The number of hydrogen-bond acceptors (Lipinski definition) is 17. The van der Waals surface area contributed by atoms with Crippen molar-refractivity contribution in [1.29, 1.82) is 0 Å². The molecule has 0 aliphatic carbocycles. The summed E-state index contributed by atoms with van der Waals surface area (Å²) >= 11 is 0. The largest absolute Gasteiger partial charge is 0.491 e. The molecule has 4 aromatic rings. The van der Waals surface area contributed by atoms with Crippen LogP contribution in [0.15, 0.2) is 84.1 Å². The lowest BCUT2D eigenvalue weighted by atomic mass is 9.95. The van der Waals surface area contributed by atoms with Gasteiger partial charge in [-0.3, -0.25) is 19.3 Å². The molecule has 0 aliphatic heterocycles. The van der Waals surface area contributed by atoms with E-state index in [4.69, 9.17) is 48.2 Å². The Kier molecular flexibility index (Phi) is 26.6. The van der Waals surface area contributed by atoms with Crippen molar-refractivity contribution in [3.05, 3.63) is 101 Å². The van der Waals surface area contributed by atoms with Crippen molar-refractivity contribution in [2.75, 3.05) is 91.1 Å².